The number of unbranched alkanes of at least 4 members (excludes halogenated alkanes) is 30. The van der Waals surface area contributed by atoms with Crippen molar-refractivity contribution in [1.82, 2.24) is 4.57 Å². The van der Waals surface area contributed by atoms with E-state index in [4.69, 9.17) is 0 Å². The number of aromatic nitrogens is 2. The van der Waals surface area contributed by atoms with Crippen molar-refractivity contribution in [1.29, 1.82) is 0 Å². The molecule has 2 aromatic rings. The van der Waals surface area contributed by atoms with E-state index in [1.807, 2.05) is 0 Å². The Bertz CT molecular complexity index is 946. The van der Waals surface area contributed by atoms with Crippen LogP contribution in [0.2, 0.25) is 0 Å². The Morgan fingerprint density at radius 3 is 1.20 bits per heavy atom. The second-order valence-electron chi connectivity index (χ2n) is 16.0. The maximum absolute atomic E-state index is 2.62. The van der Waals surface area contributed by atoms with Crippen molar-refractivity contribution in [2.24, 2.45) is 0 Å². The van der Waals surface area contributed by atoms with Gasteiger partial charge in [-0.25, -0.2) is 9.13 Å². The maximum atomic E-state index is 2.62. The molecule has 1 heterocycles. The molecule has 0 spiro atoms. The number of nitrogens with zero attached hydrogens (tertiary/aromatic N) is 2. The molecule has 0 N–H and O–H groups in total. The van der Waals surface area contributed by atoms with Crippen LogP contribution in [0.15, 0.2) is 42.7 Å². The molecule has 0 aliphatic heterocycles. The molecule has 0 fully saturated rings. The van der Waals surface area contributed by atoms with Gasteiger partial charge in [-0.15, -0.1) is 0 Å². The van der Waals surface area contributed by atoms with Gasteiger partial charge in [-0.2, -0.15) is 0 Å². The molecule has 1 aromatic carbocycles. The smallest absolute Gasteiger partial charge is 0.234 e. The van der Waals surface area contributed by atoms with E-state index in [0.29, 0.717) is 0 Å². The molecule has 0 saturated heterocycles. The van der Waals surface area contributed by atoms with Crippen LogP contribution in [-0.2, 0) is 25.9 Å². The minimum atomic E-state index is 1.15. The fourth-order valence-electron chi connectivity index (χ4n) is 7.95. The van der Waals surface area contributed by atoms with E-state index in [0.717, 1.165) is 6.54 Å². The first kappa shape index (κ1) is 44.6. The number of rotatable bonds is 38. The summed E-state index contributed by atoms with van der Waals surface area (Å²) in [6.45, 7) is 6.98. The van der Waals surface area contributed by atoms with Crippen LogP contribution in [0.3, 0.4) is 0 Å². The predicted octanol–water partition coefficient (Wildman–Crippen LogP) is 15.5. The van der Waals surface area contributed by atoms with Crippen molar-refractivity contribution in [3.8, 4) is 0 Å². The first-order valence-electron chi connectivity index (χ1n) is 23.0. The fraction of sp³-hybridized carbons (Fsp3) is 0.812. The van der Waals surface area contributed by atoms with Crippen LogP contribution in [0.1, 0.15) is 237 Å². The largest absolute Gasteiger partial charge is 0.256 e. The third kappa shape index (κ3) is 25.4. The highest BCUT2D eigenvalue weighted by atomic mass is 15.1. The lowest BCUT2D eigenvalue weighted by Crippen LogP contribution is -2.37. The first-order chi connectivity index (χ1) is 24.8. The van der Waals surface area contributed by atoms with E-state index in [9.17, 15) is 0 Å². The van der Waals surface area contributed by atoms with Crippen LogP contribution in [0.4, 0.5) is 0 Å². The van der Waals surface area contributed by atoms with Gasteiger partial charge < -0.3 is 0 Å². The van der Waals surface area contributed by atoms with Gasteiger partial charge in [-0.05, 0) is 37.7 Å². The Morgan fingerprint density at radius 1 is 0.400 bits per heavy atom. The van der Waals surface area contributed by atoms with Crippen molar-refractivity contribution in [3.05, 3.63) is 54.1 Å². The molecule has 1 aromatic heterocycles. The third-order valence-corrected chi connectivity index (χ3v) is 11.3. The van der Waals surface area contributed by atoms with Crippen LogP contribution in [0.25, 0.3) is 0 Å². The lowest BCUT2D eigenvalue weighted by molar-refractivity contribution is -0.704. The second kappa shape index (κ2) is 34.5. The van der Waals surface area contributed by atoms with Gasteiger partial charge in [-0.3, -0.25) is 0 Å². The normalized spacial score (nSPS) is 11.6. The number of hydrogen-bond acceptors (Lipinski definition) is 0. The van der Waals surface area contributed by atoms with Crippen LogP contribution in [0.5, 0.6) is 0 Å². The minimum absolute atomic E-state index is 1.15. The highest BCUT2D eigenvalue weighted by Gasteiger charge is 2.16. The molecule has 50 heavy (non-hydrogen) atoms. The molecule has 288 valence electrons. The summed E-state index contributed by atoms with van der Waals surface area (Å²) in [6.07, 6.45) is 54.5. The lowest BCUT2D eigenvalue weighted by Gasteiger charge is -2.07. The Morgan fingerprint density at radius 2 is 0.780 bits per heavy atom. The molecule has 0 aliphatic carbocycles. The van der Waals surface area contributed by atoms with E-state index >= 15 is 0 Å². The first-order valence-corrected chi connectivity index (χ1v) is 23.0. The molecule has 0 radical (unpaired) electrons. The predicted molar refractivity (Wildman–Crippen MR) is 222 cm³/mol. The molecule has 0 amide bonds. The Balaban J connectivity index is 1.56. The molecule has 0 atom stereocenters. The molecule has 0 bridgehead atoms. The summed E-state index contributed by atoms with van der Waals surface area (Å²) < 4.78 is 5.22. The number of hydrogen-bond donors (Lipinski definition) is 0. The van der Waals surface area contributed by atoms with Crippen molar-refractivity contribution in [3.63, 3.8) is 0 Å². The zero-order valence-electron chi connectivity index (χ0n) is 34.1. The topological polar surface area (TPSA) is 8.81 Å². The van der Waals surface area contributed by atoms with Gasteiger partial charge in [0.25, 0.3) is 5.82 Å². The summed E-state index contributed by atoms with van der Waals surface area (Å²) in [5.74, 6) is 1.59. The minimum Gasteiger partial charge on any atom is -0.234 e. The summed E-state index contributed by atoms with van der Waals surface area (Å²) >= 11 is 0. The Labute approximate surface area is 314 Å². The number of benzene rings is 1. The van der Waals surface area contributed by atoms with Crippen LogP contribution in [-0.4, -0.2) is 4.57 Å². The molecule has 2 heteroatoms. The molecule has 2 nitrogen and oxygen atoms in total. The molecule has 0 aliphatic rings. The van der Waals surface area contributed by atoms with Gasteiger partial charge in [0.05, 0.1) is 13.1 Å². The SMILES string of the molecule is CCCCCCCCCCCCCCCCCCc1n(CCCCCCCCCCCCCCCCCC)cc[n+]1CCCc1ccccc1. The summed E-state index contributed by atoms with van der Waals surface area (Å²) in [5.41, 5.74) is 1.47. The fourth-order valence-corrected chi connectivity index (χ4v) is 7.95. The van der Waals surface area contributed by atoms with Gasteiger partial charge in [0.2, 0.25) is 0 Å². The quantitative estimate of drug-likeness (QED) is 0.0489. The van der Waals surface area contributed by atoms with Gasteiger partial charge in [0.1, 0.15) is 12.4 Å². The highest BCUT2D eigenvalue weighted by Crippen LogP contribution is 2.16. The standard InChI is InChI=1S/C48H87N2/c1-3-5-7-9-11-13-15-17-19-21-23-25-27-29-31-36-42-48-49(45-46-50(48)44-38-41-47-39-34-33-35-40-47)43-37-32-30-28-26-24-22-20-18-16-14-12-10-8-6-4-2/h33-35,39-40,45-46H,3-32,36-38,41-44H2,1-2H3/q+1. The molecule has 0 saturated carbocycles. The van der Waals surface area contributed by atoms with Gasteiger partial charge in [0, 0.05) is 6.42 Å². The molecule has 2 rings (SSSR count). The van der Waals surface area contributed by atoms with Gasteiger partial charge in [-0.1, -0.05) is 230 Å². The van der Waals surface area contributed by atoms with Crippen LogP contribution < -0.4 is 4.57 Å². The number of imidazole rings is 1. The van der Waals surface area contributed by atoms with Crippen molar-refractivity contribution in [2.45, 2.75) is 252 Å². The van der Waals surface area contributed by atoms with E-state index < -0.39 is 0 Å². The Hall–Kier alpha value is -1.57. The second-order valence-corrected chi connectivity index (χ2v) is 16.0. The van der Waals surface area contributed by atoms with Crippen molar-refractivity contribution < 1.29 is 4.57 Å². The third-order valence-electron chi connectivity index (χ3n) is 11.3. The highest BCUT2D eigenvalue weighted by molar-refractivity contribution is 5.14. The number of aryl methyl sites for hydroxylation is 3. The maximum Gasteiger partial charge on any atom is 0.256 e. The van der Waals surface area contributed by atoms with E-state index in [-0.39, 0.29) is 0 Å². The summed E-state index contributed by atoms with van der Waals surface area (Å²) in [4.78, 5) is 0. The average Bonchev–Trinajstić information content (AvgIpc) is 3.52. The summed E-state index contributed by atoms with van der Waals surface area (Å²) in [7, 11) is 0. The van der Waals surface area contributed by atoms with E-state index in [1.165, 1.54) is 237 Å². The molecular weight excluding hydrogens is 605 g/mol. The Kier molecular flexibility index (Phi) is 30.8. The van der Waals surface area contributed by atoms with E-state index in [1.54, 1.807) is 5.82 Å². The van der Waals surface area contributed by atoms with Crippen molar-refractivity contribution >= 4 is 0 Å². The zero-order chi connectivity index (χ0) is 35.4. The van der Waals surface area contributed by atoms with Gasteiger partial charge in [0.15, 0.2) is 0 Å². The van der Waals surface area contributed by atoms with Crippen LogP contribution in [0, 0.1) is 0 Å². The summed E-state index contributed by atoms with van der Waals surface area (Å²) in [5, 5.41) is 0. The summed E-state index contributed by atoms with van der Waals surface area (Å²) in [6, 6.07) is 11.1. The lowest BCUT2D eigenvalue weighted by atomic mass is 10.0. The van der Waals surface area contributed by atoms with Crippen LogP contribution >= 0.6 is 0 Å². The monoisotopic (exact) mass is 692 g/mol. The average molecular weight is 692 g/mol. The van der Waals surface area contributed by atoms with E-state index in [2.05, 4.69) is 65.7 Å². The molecule has 0 unspecified atom stereocenters. The molecular formula is C48H87N2+. The van der Waals surface area contributed by atoms with Crippen molar-refractivity contribution in [2.75, 3.05) is 0 Å². The zero-order valence-corrected chi connectivity index (χ0v) is 34.1. The van der Waals surface area contributed by atoms with Gasteiger partial charge >= 0.3 is 0 Å².